The van der Waals surface area contributed by atoms with Gasteiger partial charge in [0.2, 0.25) is 0 Å². The quantitative estimate of drug-likeness (QED) is 0.512. The minimum Gasteiger partial charge on any atom is -0.354 e. The normalized spacial score (nSPS) is 17.4. The SMILES string of the molecule is CC(C)C(CC(C#N)C(=O)c1ccc(F)cc1)(CN1CCCCC1)c1cccn1C.Cl. The molecule has 31 heavy (non-hydrogen) atoms. The van der Waals surface area contributed by atoms with Gasteiger partial charge < -0.3 is 9.47 Å². The van der Waals surface area contributed by atoms with Gasteiger partial charge in [0.1, 0.15) is 11.7 Å². The van der Waals surface area contributed by atoms with Gasteiger partial charge in [-0.3, -0.25) is 4.79 Å². The predicted molar refractivity (Wildman–Crippen MR) is 124 cm³/mol. The second kappa shape index (κ2) is 10.9. The summed E-state index contributed by atoms with van der Waals surface area (Å²) in [6.45, 7) is 7.32. The van der Waals surface area contributed by atoms with Crippen LogP contribution in [0.1, 0.15) is 55.6 Å². The summed E-state index contributed by atoms with van der Waals surface area (Å²) >= 11 is 0. The van der Waals surface area contributed by atoms with E-state index in [0.717, 1.165) is 25.3 Å². The van der Waals surface area contributed by atoms with E-state index < -0.39 is 5.92 Å². The Kier molecular flexibility index (Phi) is 8.85. The number of hydrogen-bond acceptors (Lipinski definition) is 3. The Morgan fingerprint density at radius 2 is 1.81 bits per heavy atom. The molecular formula is C25H33ClFN3O. The van der Waals surface area contributed by atoms with Crippen LogP contribution in [0.2, 0.25) is 0 Å². The maximum Gasteiger partial charge on any atom is 0.180 e. The number of nitriles is 1. The molecule has 2 heterocycles. The molecule has 0 radical (unpaired) electrons. The molecule has 0 aliphatic carbocycles. The summed E-state index contributed by atoms with van der Waals surface area (Å²) in [6.07, 6.45) is 6.13. The van der Waals surface area contributed by atoms with E-state index in [1.54, 1.807) is 0 Å². The second-order valence-electron chi connectivity index (χ2n) is 8.91. The third kappa shape index (κ3) is 5.56. The Bertz CT molecular complexity index is 896. The van der Waals surface area contributed by atoms with E-state index in [1.165, 1.54) is 43.5 Å². The van der Waals surface area contributed by atoms with Gasteiger partial charge in [0.15, 0.2) is 5.78 Å². The molecule has 1 aliphatic heterocycles. The number of likely N-dealkylation sites (tertiary alicyclic amines) is 1. The van der Waals surface area contributed by atoms with Crippen molar-refractivity contribution in [1.29, 1.82) is 5.26 Å². The number of hydrogen-bond donors (Lipinski definition) is 0. The number of aromatic nitrogens is 1. The molecule has 2 atom stereocenters. The van der Waals surface area contributed by atoms with E-state index in [1.807, 2.05) is 19.3 Å². The Labute approximate surface area is 191 Å². The maximum atomic E-state index is 13.3. The fraction of sp³-hybridized carbons (Fsp3) is 0.520. The summed E-state index contributed by atoms with van der Waals surface area (Å²) < 4.78 is 15.4. The third-order valence-corrected chi connectivity index (χ3v) is 6.68. The lowest BCUT2D eigenvalue weighted by Crippen LogP contribution is -2.48. The number of halogens is 2. The van der Waals surface area contributed by atoms with Gasteiger partial charge in [0, 0.05) is 36.5 Å². The van der Waals surface area contributed by atoms with Crippen molar-refractivity contribution in [2.45, 2.75) is 44.9 Å². The summed E-state index contributed by atoms with van der Waals surface area (Å²) in [7, 11) is 2.03. The molecule has 1 fully saturated rings. The Morgan fingerprint density at radius 3 is 2.32 bits per heavy atom. The lowest BCUT2D eigenvalue weighted by Gasteiger charge is -2.44. The minimum absolute atomic E-state index is 0. The van der Waals surface area contributed by atoms with Crippen molar-refractivity contribution in [2.24, 2.45) is 18.9 Å². The molecule has 0 N–H and O–H groups in total. The number of aryl methyl sites for hydroxylation is 1. The van der Waals surface area contributed by atoms with Crippen molar-refractivity contribution in [2.75, 3.05) is 19.6 Å². The van der Waals surface area contributed by atoms with Gasteiger partial charge in [0.05, 0.1) is 6.07 Å². The number of nitrogens with zero attached hydrogens (tertiary/aromatic N) is 3. The van der Waals surface area contributed by atoms with Crippen LogP contribution in [-0.4, -0.2) is 34.9 Å². The van der Waals surface area contributed by atoms with Crippen LogP contribution < -0.4 is 0 Å². The van der Waals surface area contributed by atoms with Crippen molar-refractivity contribution < 1.29 is 9.18 Å². The van der Waals surface area contributed by atoms with Crippen molar-refractivity contribution in [3.63, 3.8) is 0 Å². The smallest absolute Gasteiger partial charge is 0.180 e. The Hall–Kier alpha value is -2.16. The molecule has 3 rings (SSSR count). The van der Waals surface area contributed by atoms with Gasteiger partial charge >= 0.3 is 0 Å². The standard InChI is InChI=1S/C25H32FN3O.ClH/c1-19(2)25(23-8-7-13-28(23)3,18-29-14-5-4-6-15-29)16-21(17-27)24(30)20-9-11-22(26)12-10-20;/h7-13,19,21H,4-6,14-16,18H2,1-3H3;1H. The highest BCUT2D eigenvalue weighted by Crippen LogP contribution is 2.40. The van der Waals surface area contributed by atoms with E-state index in [9.17, 15) is 14.4 Å². The lowest BCUT2D eigenvalue weighted by molar-refractivity contribution is 0.0868. The first-order valence-corrected chi connectivity index (χ1v) is 10.9. The van der Waals surface area contributed by atoms with Crippen LogP contribution >= 0.6 is 12.4 Å². The van der Waals surface area contributed by atoms with Gasteiger partial charge in [-0.25, -0.2) is 4.39 Å². The molecule has 6 heteroatoms. The van der Waals surface area contributed by atoms with Crippen LogP contribution in [0.5, 0.6) is 0 Å². The second-order valence-corrected chi connectivity index (χ2v) is 8.91. The molecule has 1 aromatic carbocycles. The van der Waals surface area contributed by atoms with E-state index >= 15 is 0 Å². The Morgan fingerprint density at radius 1 is 1.16 bits per heavy atom. The summed E-state index contributed by atoms with van der Waals surface area (Å²) in [4.78, 5) is 15.7. The van der Waals surface area contributed by atoms with Crippen LogP contribution in [0.15, 0.2) is 42.6 Å². The highest BCUT2D eigenvalue weighted by Gasteiger charge is 2.43. The van der Waals surface area contributed by atoms with E-state index in [2.05, 4.69) is 35.5 Å². The summed E-state index contributed by atoms with van der Waals surface area (Å²) in [5.41, 5.74) is 1.23. The molecule has 168 valence electrons. The number of carbonyl (C=O) groups is 1. The lowest BCUT2D eigenvalue weighted by atomic mass is 9.67. The summed E-state index contributed by atoms with van der Waals surface area (Å²) in [6, 6.07) is 11.9. The molecule has 0 bridgehead atoms. The number of carbonyl (C=O) groups excluding carboxylic acids is 1. The predicted octanol–water partition coefficient (Wildman–Crippen LogP) is 5.38. The van der Waals surface area contributed by atoms with Crippen molar-refractivity contribution in [3.8, 4) is 6.07 Å². The molecule has 0 spiro atoms. The summed E-state index contributed by atoms with van der Waals surface area (Å²) in [5, 5.41) is 9.96. The number of ketones is 1. The number of Topliss-reactive ketones (excluding diaryl/α,β-unsaturated/α-hetero) is 1. The highest BCUT2D eigenvalue weighted by molar-refractivity contribution is 5.99. The third-order valence-electron chi connectivity index (χ3n) is 6.68. The largest absolute Gasteiger partial charge is 0.354 e. The van der Waals surface area contributed by atoms with Crippen LogP contribution in [-0.2, 0) is 12.5 Å². The molecule has 2 aromatic rings. The molecule has 1 aliphatic rings. The first kappa shape index (κ1) is 25.1. The zero-order chi connectivity index (χ0) is 21.7. The van der Waals surface area contributed by atoms with Crippen LogP contribution in [0.3, 0.4) is 0 Å². The van der Waals surface area contributed by atoms with Crippen molar-refractivity contribution >= 4 is 18.2 Å². The molecule has 1 aromatic heterocycles. The van der Waals surface area contributed by atoms with E-state index in [-0.39, 0.29) is 35.3 Å². The zero-order valence-corrected chi connectivity index (χ0v) is 19.5. The zero-order valence-electron chi connectivity index (χ0n) is 18.7. The van der Waals surface area contributed by atoms with Gasteiger partial charge in [-0.2, -0.15) is 5.26 Å². The average Bonchev–Trinajstić information content (AvgIpc) is 3.18. The molecule has 2 unspecified atom stereocenters. The van der Waals surface area contributed by atoms with Gasteiger partial charge in [0.25, 0.3) is 0 Å². The molecular weight excluding hydrogens is 413 g/mol. The summed E-state index contributed by atoms with van der Waals surface area (Å²) in [5.74, 6) is -1.15. The first-order valence-electron chi connectivity index (χ1n) is 10.9. The van der Waals surface area contributed by atoms with Gasteiger partial charge in [-0.15, -0.1) is 12.4 Å². The fourth-order valence-corrected chi connectivity index (χ4v) is 4.84. The molecule has 0 saturated carbocycles. The number of benzene rings is 1. The highest BCUT2D eigenvalue weighted by atomic mass is 35.5. The van der Waals surface area contributed by atoms with Crippen molar-refractivity contribution in [3.05, 3.63) is 59.7 Å². The van der Waals surface area contributed by atoms with Crippen LogP contribution in [0, 0.1) is 29.0 Å². The van der Waals surface area contributed by atoms with Gasteiger partial charge in [-0.1, -0.05) is 20.3 Å². The number of rotatable bonds is 8. The Balaban J connectivity index is 0.00000341. The number of piperidine rings is 1. The van der Waals surface area contributed by atoms with Crippen LogP contribution in [0.4, 0.5) is 4.39 Å². The van der Waals surface area contributed by atoms with E-state index in [0.29, 0.717) is 12.0 Å². The first-order chi connectivity index (χ1) is 14.4. The van der Waals surface area contributed by atoms with Crippen molar-refractivity contribution in [1.82, 2.24) is 9.47 Å². The molecule has 0 amide bonds. The monoisotopic (exact) mass is 445 g/mol. The average molecular weight is 446 g/mol. The minimum atomic E-state index is -0.780. The molecule has 4 nitrogen and oxygen atoms in total. The molecule has 1 saturated heterocycles. The fourth-order valence-electron chi connectivity index (χ4n) is 4.84. The van der Waals surface area contributed by atoms with E-state index in [4.69, 9.17) is 0 Å². The topological polar surface area (TPSA) is 49.0 Å². The maximum absolute atomic E-state index is 13.3. The van der Waals surface area contributed by atoms with Gasteiger partial charge in [-0.05, 0) is 74.7 Å². The van der Waals surface area contributed by atoms with Crippen LogP contribution in [0.25, 0.3) is 0 Å².